The second-order valence-electron chi connectivity index (χ2n) is 8.19. The maximum atomic E-state index is 12.8. The Bertz CT molecular complexity index is 597. The zero-order valence-electron chi connectivity index (χ0n) is 17.9. The zero-order valence-corrected chi connectivity index (χ0v) is 19.6. The van der Waals surface area contributed by atoms with Crippen LogP contribution in [0.2, 0.25) is 0 Å². The molecule has 1 aromatic rings. The molecule has 0 bridgehead atoms. The van der Waals surface area contributed by atoms with E-state index in [0.717, 1.165) is 64.2 Å². The zero-order chi connectivity index (χ0) is 19.2. The number of morpholine rings is 1. The average Bonchev–Trinajstić information content (AvgIpc) is 2.66. The van der Waals surface area contributed by atoms with Crippen LogP contribution in [0.1, 0.15) is 49.5 Å². The summed E-state index contributed by atoms with van der Waals surface area (Å²) in [5.41, 5.74) is 2.07. The van der Waals surface area contributed by atoms with Gasteiger partial charge < -0.3 is 15.0 Å². The fourth-order valence-electron chi connectivity index (χ4n) is 4.30. The molecule has 2 atom stereocenters. The monoisotopic (exact) mass is 445 g/mol. The van der Waals surface area contributed by atoms with E-state index in [1.165, 1.54) is 5.56 Å². The molecule has 29 heavy (non-hydrogen) atoms. The van der Waals surface area contributed by atoms with Gasteiger partial charge in [-0.3, -0.25) is 9.69 Å². The maximum absolute atomic E-state index is 12.8. The van der Waals surface area contributed by atoms with Crippen molar-refractivity contribution in [2.75, 3.05) is 39.3 Å². The Hall–Kier alpha value is -0.850. The second-order valence-corrected chi connectivity index (χ2v) is 8.19. The minimum Gasteiger partial charge on any atom is -0.373 e. The standard InChI is InChI=1S/C22H35N3O2.2ClH/c1-4-23-13-19-9-11-25(12-10-19)22(26)21-7-5-20(6-8-21)16-24-14-17(2)27-18(3)15-24;;/h5-8,17-19,23H,4,9-16H2,1-3H3;2*1H. The van der Waals surface area contributed by atoms with Crippen LogP contribution in [0.5, 0.6) is 0 Å². The molecule has 2 fully saturated rings. The van der Waals surface area contributed by atoms with Gasteiger partial charge in [0, 0.05) is 38.3 Å². The van der Waals surface area contributed by atoms with E-state index in [1.807, 2.05) is 17.0 Å². The van der Waals surface area contributed by atoms with Crippen molar-refractivity contribution in [3.05, 3.63) is 35.4 Å². The van der Waals surface area contributed by atoms with Crippen LogP contribution in [0.15, 0.2) is 24.3 Å². The van der Waals surface area contributed by atoms with Crippen molar-refractivity contribution in [1.29, 1.82) is 0 Å². The molecule has 0 radical (unpaired) electrons. The van der Waals surface area contributed by atoms with Gasteiger partial charge in [0.1, 0.15) is 0 Å². The smallest absolute Gasteiger partial charge is 0.253 e. The van der Waals surface area contributed by atoms with Crippen molar-refractivity contribution >= 4 is 30.7 Å². The summed E-state index contributed by atoms with van der Waals surface area (Å²) in [5.74, 6) is 0.881. The van der Waals surface area contributed by atoms with Crippen molar-refractivity contribution in [3.63, 3.8) is 0 Å². The minimum atomic E-state index is 0. The molecular weight excluding hydrogens is 409 g/mol. The van der Waals surface area contributed by atoms with Crippen LogP contribution in [-0.2, 0) is 11.3 Å². The number of rotatable bonds is 6. The van der Waals surface area contributed by atoms with E-state index < -0.39 is 0 Å². The summed E-state index contributed by atoms with van der Waals surface area (Å²) in [6.45, 7) is 13.1. The van der Waals surface area contributed by atoms with E-state index >= 15 is 0 Å². The normalized spacial score (nSPS) is 23.2. The van der Waals surface area contributed by atoms with Crippen LogP contribution in [-0.4, -0.2) is 67.2 Å². The molecule has 1 N–H and O–H groups in total. The molecule has 0 saturated carbocycles. The lowest BCUT2D eigenvalue weighted by molar-refractivity contribution is -0.0704. The summed E-state index contributed by atoms with van der Waals surface area (Å²) in [6.07, 6.45) is 2.77. The molecule has 2 aliphatic rings. The first-order chi connectivity index (χ1) is 13.0. The van der Waals surface area contributed by atoms with E-state index in [9.17, 15) is 4.79 Å². The van der Waals surface area contributed by atoms with Gasteiger partial charge >= 0.3 is 0 Å². The highest BCUT2D eigenvalue weighted by Gasteiger charge is 2.24. The number of carbonyl (C=O) groups is 1. The maximum Gasteiger partial charge on any atom is 0.253 e. The highest BCUT2D eigenvalue weighted by molar-refractivity contribution is 5.94. The largest absolute Gasteiger partial charge is 0.373 e. The van der Waals surface area contributed by atoms with Crippen LogP contribution in [0.3, 0.4) is 0 Å². The summed E-state index contributed by atoms with van der Waals surface area (Å²) >= 11 is 0. The second kappa shape index (κ2) is 12.8. The molecule has 0 aromatic heterocycles. The first-order valence-corrected chi connectivity index (χ1v) is 10.5. The Kier molecular flexibility index (Phi) is 11.5. The third-order valence-corrected chi connectivity index (χ3v) is 5.69. The first-order valence-electron chi connectivity index (χ1n) is 10.5. The van der Waals surface area contributed by atoms with E-state index in [-0.39, 0.29) is 42.9 Å². The van der Waals surface area contributed by atoms with E-state index in [0.29, 0.717) is 5.92 Å². The Labute approximate surface area is 188 Å². The van der Waals surface area contributed by atoms with Crippen molar-refractivity contribution in [3.8, 4) is 0 Å². The van der Waals surface area contributed by atoms with Gasteiger partial charge in [0.25, 0.3) is 5.91 Å². The third kappa shape index (κ3) is 7.72. The highest BCUT2D eigenvalue weighted by Crippen LogP contribution is 2.19. The topological polar surface area (TPSA) is 44.8 Å². The fraction of sp³-hybridized carbons (Fsp3) is 0.682. The molecule has 1 aromatic carbocycles. The molecule has 7 heteroatoms. The number of nitrogens with one attached hydrogen (secondary N) is 1. The Morgan fingerprint density at radius 3 is 2.21 bits per heavy atom. The van der Waals surface area contributed by atoms with Crippen molar-refractivity contribution in [2.45, 2.75) is 52.4 Å². The number of piperidine rings is 1. The van der Waals surface area contributed by atoms with Gasteiger partial charge in [0.05, 0.1) is 12.2 Å². The number of hydrogen-bond donors (Lipinski definition) is 1. The molecule has 2 aliphatic heterocycles. The fourth-order valence-corrected chi connectivity index (χ4v) is 4.30. The van der Waals surface area contributed by atoms with E-state index in [1.54, 1.807) is 0 Å². The van der Waals surface area contributed by atoms with Gasteiger partial charge in [-0.25, -0.2) is 0 Å². The van der Waals surface area contributed by atoms with Crippen LogP contribution in [0.25, 0.3) is 0 Å². The molecule has 3 rings (SSSR count). The average molecular weight is 446 g/mol. The molecule has 2 heterocycles. The van der Waals surface area contributed by atoms with Gasteiger partial charge in [0.15, 0.2) is 0 Å². The summed E-state index contributed by atoms with van der Waals surface area (Å²) in [6, 6.07) is 8.21. The molecular formula is C22H37Cl2N3O2. The van der Waals surface area contributed by atoms with Gasteiger partial charge in [-0.1, -0.05) is 19.1 Å². The van der Waals surface area contributed by atoms with Crippen molar-refractivity contribution in [1.82, 2.24) is 15.1 Å². The van der Waals surface area contributed by atoms with Crippen LogP contribution in [0, 0.1) is 5.92 Å². The van der Waals surface area contributed by atoms with E-state index in [2.05, 4.69) is 43.1 Å². The molecule has 1 amide bonds. The summed E-state index contributed by atoms with van der Waals surface area (Å²) in [5, 5.41) is 3.42. The van der Waals surface area contributed by atoms with Crippen molar-refractivity contribution < 1.29 is 9.53 Å². The summed E-state index contributed by atoms with van der Waals surface area (Å²) in [7, 11) is 0. The first kappa shape index (κ1) is 26.2. The lowest BCUT2D eigenvalue weighted by Crippen LogP contribution is -2.44. The Morgan fingerprint density at radius 2 is 1.66 bits per heavy atom. The summed E-state index contributed by atoms with van der Waals surface area (Å²) < 4.78 is 5.81. The molecule has 2 unspecified atom stereocenters. The number of nitrogens with zero attached hydrogens (tertiary/aromatic N) is 2. The van der Waals surface area contributed by atoms with Crippen LogP contribution >= 0.6 is 24.8 Å². The van der Waals surface area contributed by atoms with Crippen LogP contribution in [0.4, 0.5) is 0 Å². The molecule has 5 nitrogen and oxygen atoms in total. The van der Waals surface area contributed by atoms with E-state index in [4.69, 9.17) is 4.74 Å². The van der Waals surface area contributed by atoms with Gasteiger partial charge in [-0.05, 0) is 63.4 Å². The summed E-state index contributed by atoms with van der Waals surface area (Å²) in [4.78, 5) is 17.2. The number of benzene rings is 1. The third-order valence-electron chi connectivity index (χ3n) is 5.69. The Morgan fingerprint density at radius 1 is 1.07 bits per heavy atom. The van der Waals surface area contributed by atoms with Gasteiger partial charge in [0.2, 0.25) is 0 Å². The molecule has 0 spiro atoms. The molecule has 2 saturated heterocycles. The number of hydrogen-bond acceptors (Lipinski definition) is 4. The number of carbonyl (C=O) groups excluding carboxylic acids is 1. The minimum absolute atomic E-state index is 0. The number of likely N-dealkylation sites (tertiary alicyclic amines) is 1. The van der Waals surface area contributed by atoms with Gasteiger partial charge in [-0.15, -0.1) is 24.8 Å². The predicted octanol–water partition coefficient (Wildman–Crippen LogP) is 3.60. The highest BCUT2D eigenvalue weighted by atomic mass is 35.5. The number of halogens is 2. The quantitative estimate of drug-likeness (QED) is 0.726. The van der Waals surface area contributed by atoms with Gasteiger partial charge in [-0.2, -0.15) is 0 Å². The molecule has 0 aliphatic carbocycles. The molecule has 166 valence electrons. The predicted molar refractivity (Wildman–Crippen MR) is 123 cm³/mol. The number of ether oxygens (including phenoxy) is 1. The Balaban J connectivity index is 0.00000210. The van der Waals surface area contributed by atoms with Crippen molar-refractivity contribution in [2.24, 2.45) is 5.92 Å². The SMILES string of the molecule is CCNCC1CCN(C(=O)c2ccc(CN3CC(C)OC(C)C3)cc2)CC1.Cl.Cl. The number of amides is 1. The van der Waals surface area contributed by atoms with Crippen LogP contribution < -0.4 is 5.32 Å². The lowest BCUT2D eigenvalue weighted by Gasteiger charge is -2.35. The lowest BCUT2D eigenvalue weighted by atomic mass is 9.96.